The second kappa shape index (κ2) is 4.73. The summed E-state index contributed by atoms with van der Waals surface area (Å²) in [5.41, 5.74) is 3.79. The molecular formula is C17H15NO. The molecule has 0 aliphatic heterocycles. The van der Waals surface area contributed by atoms with E-state index in [0.29, 0.717) is 0 Å². The van der Waals surface area contributed by atoms with E-state index in [4.69, 9.17) is 0 Å². The van der Waals surface area contributed by atoms with Gasteiger partial charge in [-0.05, 0) is 12.0 Å². The largest absolute Gasteiger partial charge is 0.360 e. The fourth-order valence-electron chi connectivity index (χ4n) is 2.44. The van der Waals surface area contributed by atoms with Crippen LogP contribution >= 0.6 is 0 Å². The zero-order valence-corrected chi connectivity index (χ0v) is 10.8. The SMILES string of the molecule is CCc1cccc2c(C(=O)c3ccccc3)c[nH]c12. The van der Waals surface area contributed by atoms with Crippen LogP contribution in [-0.2, 0) is 6.42 Å². The summed E-state index contributed by atoms with van der Waals surface area (Å²) in [5, 5.41) is 1.01. The molecule has 3 rings (SSSR count). The van der Waals surface area contributed by atoms with Gasteiger partial charge in [-0.1, -0.05) is 55.5 Å². The minimum absolute atomic E-state index is 0.0695. The molecule has 3 aromatic rings. The summed E-state index contributed by atoms with van der Waals surface area (Å²) in [4.78, 5) is 15.7. The van der Waals surface area contributed by atoms with E-state index >= 15 is 0 Å². The summed E-state index contributed by atoms with van der Waals surface area (Å²) in [6.45, 7) is 2.12. The molecule has 1 aromatic heterocycles. The minimum Gasteiger partial charge on any atom is -0.360 e. The Morgan fingerprint density at radius 2 is 1.84 bits per heavy atom. The number of aryl methyl sites for hydroxylation is 1. The molecule has 19 heavy (non-hydrogen) atoms. The van der Waals surface area contributed by atoms with Gasteiger partial charge in [0.25, 0.3) is 0 Å². The highest BCUT2D eigenvalue weighted by atomic mass is 16.1. The molecule has 0 aliphatic rings. The van der Waals surface area contributed by atoms with Crippen LogP contribution in [0, 0.1) is 0 Å². The van der Waals surface area contributed by atoms with Crippen molar-refractivity contribution in [1.82, 2.24) is 4.98 Å². The molecule has 2 heteroatoms. The highest BCUT2D eigenvalue weighted by Crippen LogP contribution is 2.24. The number of rotatable bonds is 3. The highest BCUT2D eigenvalue weighted by Gasteiger charge is 2.14. The van der Waals surface area contributed by atoms with Crippen molar-refractivity contribution < 1.29 is 4.79 Å². The van der Waals surface area contributed by atoms with Crippen LogP contribution in [0.15, 0.2) is 54.7 Å². The summed E-state index contributed by atoms with van der Waals surface area (Å²) < 4.78 is 0. The van der Waals surface area contributed by atoms with Gasteiger partial charge < -0.3 is 4.98 Å². The maximum atomic E-state index is 12.5. The van der Waals surface area contributed by atoms with Crippen LogP contribution in [0.2, 0.25) is 0 Å². The van der Waals surface area contributed by atoms with Crippen molar-refractivity contribution >= 4 is 16.7 Å². The van der Waals surface area contributed by atoms with Gasteiger partial charge in [0.15, 0.2) is 5.78 Å². The molecule has 0 unspecified atom stereocenters. The Morgan fingerprint density at radius 1 is 1.05 bits per heavy atom. The Kier molecular flexibility index (Phi) is 2.92. The van der Waals surface area contributed by atoms with E-state index in [9.17, 15) is 4.79 Å². The first-order chi connectivity index (χ1) is 9.31. The van der Waals surface area contributed by atoms with Crippen LogP contribution in [0.1, 0.15) is 28.4 Å². The lowest BCUT2D eigenvalue weighted by atomic mass is 10.0. The average molecular weight is 249 g/mol. The third-order valence-electron chi connectivity index (χ3n) is 3.46. The molecule has 0 aliphatic carbocycles. The zero-order chi connectivity index (χ0) is 13.2. The van der Waals surface area contributed by atoms with E-state index in [-0.39, 0.29) is 5.78 Å². The van der Waals surface area contributed by atoms with Gasteiger partial charge in [0.05, 0.1) is 0 Å². The van der Waals surface area contributed by atoms with Crippen molar-refractivity contribution in [3.05, 3.63) is 71.4 Å². The topological polar surface area (TPSA) is 32.9 Å². The predicted octanol–water partition coefficient (Wildman–Crippen LogP) is 3.96. The molecule has 0 spiro atoms. The maximum Gasteiger partial charge on any atom is 0.195 e. The van der Waals surface area contributed by atoms with Gasteiger partial charge in [-0.15, -0.1) is 0 Å². The van der Waals surface area contributed by atoms with E-state index in [1.54, 1.807) is 0 Å². The number of aromatic nitrogens is 1. The molecule has 1 N–H and O–H groups in total. The summed E-state index contributed by atoms with van der Waals surface area (Å²) in [7, 11) is 0. The first-order valence-corrected chi connectivity index (χ1v) is 6.50. The van der Waals surface area contributed by atoms with Gasteiger partial charge >= 0.3 is 0 Å². The quantitative estimate of drug-likeness (QED) is 0.700. The molecule has 0 atom stereocenters. The summed E-state index contributed by atoms with van der Waals surface area (Å²) >= 11 is 0. The molecular weight excluding hydrogens is 234 g/mol. The van der Waals surface area contributed by atoms with Gasteiger partial charge in [-0.25, -0.2) is 0 Å². The number of benzene rings is 2. The van der Waals surface area contributed by atoms with Crippen molar-refractivity contribution in [3.63, 3.8) is 0 Å². The zero-order valence-electron chi connectivity index (χ0n) is 10.8. The van der Waals surface area contributed by atoms with Crippen molar-refractivity contribution in [3.8, 4) is 0 Å². The lowest BCUT2D eigenvalue weighted by Crippen LogP contribution is -1.99. The normalized spacial score (nSPS) is 10.8. The smallest absolute Gasteiger partial charge is 0.195 e. The maximum absolute atomic E-state index is 12.5. The third kappa shape index (κ3) is 1.95. The van der Waals surface area contributed by atoms with Crippen LogP contribution in [0.5, 0.6) is 0 Å². The average Bonchev–Trinajstić information content (AvgIpc) is 2.91. The molecule has 0 bridgehead atoms. The highest BCUT2D eigenvalue weighted by molar-refractivity contribution is 6.16. The van der Waals surface area contributed by atoms with Crippen molar-refractivity contribution in [2.24, 2.45) is 0 Å². The molecule has 0 fully saturated rings. The van der Waals surface area contributed by atoms with E-state index < -0.39 is 0 Å². The summed E-state index contributed by atoms with van der Waals surface area (Å²) in [6.07, 6.45) is 2.77. The van der Waals surface area contributed by atoms with Gasteiger partial charge in [-0.3, -0.25) is 4.79 Å². The second-order valence-corrected chi connectivity index (χ2v) is 4.59. The van der Waals surface area contributed by atoms with Crippen molar-refractivity contribution in [2.45, 2.75) is 13.3 Å². The third-order valence-corrected chi connectivity index (χ3v) is 3.46. The number of H-pyrrole nitrogens is 1. The lowest BCUT2D eigenvalue weighted by Gasteiger charge is -2.01. The minimum atomic E-state index is 0.0695. The van der Waals surface area contributed by atoms with E-state index in [1.807, 2.05) is 48.7 Å². The van der Waals surface area contributed by atoms with Crippen LogP contribution in [0.3, 0.4) is 0 Å². The molecule has 0 radical (unpaired) electrons. The second-order valence-electron chi connectivity index (χ2n) is 4.59. The Bertz CT molecular complexity index is 725. The number of para-hydroxylation sites is 1. The Hall–Kier alpha value is -2.35. The standard InChI is InChI=1S/C17H15NO/c1-2-12-9-6-10-14-15(11-18-16(12)14)17(19)13-7-4-3-5-8-13/h3-11,18H,2H2,1H3. The van der Waals surface area contributed by atoms with Gasteiger partial charge in [0, 0.05) is 28.2 Å². The molecule has 1 heterocycles. The number of carbonyl (C=O) groups is 1. The van der Waals surface area contributed by atoms with E-state index in [0.717, 1.165) is 28.5 Å². The van der Waals surface area contributed by atoms with Gasteiger partial charge in [0.2, 0.25) is 0 Å². The van der Waals surface area contributed by atoms with Crippen LogP contribution in [-0.4, -0.2) is 10.8 Å². The van der Waals surface area contributed by atoms with E-state index in [1.165, 1.54) is 5.56 Å². The molecule has 0 saturated carbocycles. The number of nitrogens with one attached hydrogen (secondary N) is 1. The monoisotopic (exact) mass is 249 g/mol. The van der Waals surface area contributed by atoms with Crippen LogP contribution in [0.4, 0.5) is 0 Å². The number of fused-ring (bicyclic) bond motifs is 1. The number of ketones is 1. The Morgan fingerprint density at radius 3 is 2.58 bits per heavy atom. The van der Waals surface area contributed by atoms with Gasteiger partial charge in [-0.2, -0.15) is 0 Å². The van der Waals surface area contributed by atoms with Gasteiger partial charge in [0.1, 0.15) is 0 Å². The Labute approximate surface area is 112 Å². The fraction of sp³-hybridized carbons (Fsp3) is 0.118. The number of carbonyl (C=O) groups excluding carboxylic acids is 1. The molecule has 2 nitrogen and oxygen atoms in total. The van der Waals surface area contributed by atoms with Crippen LogP contribution in [0.25, 0.3) is 10.9 Å². The lowest BCUT2D eigenvalue weighted by molar-refractivity contribution is 0.104. The number of hydrogen-bond acceptors (Lipinski definition) is 1. The molecule has 0 amide bonds. The summed E-state index contributed by atoms with van der Waals surface area (Å²) in [5.74, 6) is 0.0695. The molecule has 0 saturated heterocycles. The molecule has 2 aromatic carbocycles. The summed E-state index contributed by atoms with van der Waals surface area (Å²) in [6, 6.07) is 15.5. The van der Waals surface area contributed by atoms with Crippen molar-refractivity contribution in [1.29, 1.82) is 0 Å². The first-order valence-electron chi connectivity index (χ1n) is 6.50. The van der Waals surface area contributed by atoms with E-state index in [2.05, 4.69) is 18.0 Å². The molecule has 94 valence electrons. The van der Waals surface area contributed by atoms with Crippen LogP contribution < -0.4 is 0 Å². The Balaban J connectivity index is 2.14. The predicted molar refractivity (Wildman–Crippen MR) is 77.6 cm³/mol. The first kappa shape index (κ1) is 11.7. The number of hydrogen-bond donors (Lipinski definition) is 1. The van der Waals surface area contributed by atoms with Crippen molar-refractivity contribution in [2.75, 3.05) is 0 Å². The fourth-order valence-corrected chi connectivity index (χ4v) is 2.44. The number of aromatic amines is 1.